The molecule has 1 atom stereocenters. The highest BCUT2D eigenvalue weighted by Gasteiger charge is 2.41. The molecule has 0 N–H and O–H groups in total. The van der Waals surface area contributed by atoms with E-state index in [4.69, 9.17) is 0 Å². The Morgan fingerprint density at radius 2 is 1.58 bits per heavy atom. The largest absolute Gasteiger partial charge is 0.358 e. The maximum atomic E-state index is 13.7. The molecule has 4 heterocycles. The summed E-state index contributed by atoms with van der Waals surface area (Å²) in [6, 6.07) is 13.8. The highest BCUT2D eigenvalue weighted by molar-refractivity contribution is 6.10. The molecule has 4 aliphatic heterocycles. The third-order valence-electron chi connectivity index (χ3n) is 8.30. The molecule has 2 saturated heterocycles. The Morgan fingerprint density at radius 1 is 0.806 bits per heavy atom. The minimum atomic E-state index is -0.232. The van der Waals surface area contributed by atoms with E-state index in [1.54, 1.807) is 4.90 Å². The maximum absolute atomic E-state index is 13.7. The van der Waals surface area contributed by atoms with Gasteiger partial charge in [-0.15, -0.1) is 0 Å². The summed E-state index contributed by atoms with van der Waals surface area (Å²) in [6.07, 6.45) is 6.91. The Bertz CT molecular complexity index is 1190. The lowest BCUT2D eigenvalue weighted by atomic mass is 9.95. The molecule has 2 fully saturated rings. The lowest BCUT2D eigenvalue weighted by Crippen LogP contribution is -2.57. The zero-order valence-corrected chi connectivity index (χ0v) is 20.8. The first-order valence-corrected chi connectivity index (χ1v) is 13.5. The molecule has 0 saturated carbocycles. The van der Waals surface area contributed by atoms with Crippen LogP contribution in [0.1, 0.15) is 60.0 Å². The molecule has 0 aliphatic carbocycles. The third kappa shape index (κ3) is 4.14. The van der Waals surface area contributed by atoms with Crippen LogP contribution in [0.3, 0.4) is 0 Å². The van der Waals surface area contributed by atoms with Crippen molar-refractivity contribution < 1.29 is 14.4 Å². The first-order chi connectivity index (χ1) is 17.6. The molecule has 0 unspecified atom stereocenters. The number of carbonyl (C=O) groups is 3. The van der Waals surface area contributed by atoms with Gasteiger partial charge in [-0.25, -0.2) is 0 Å². The van der Waals surface area contributed by atoms with Crippen molar-refractivity contribution in [3.8, 4) is 0 Å². The van der Waals surface area contributed by atoms with Gasteiger partial charge in [-0.05, 0) is 74.3 Å². The second-order valence-electron chi connectivity index (χ2n) is 10.5. The van der Waals surface area contributed by atoms with Crippen molar-refractivity contribution in [1.29, 1.82) is 0 Å². The van der Waals surface area contributed by atoms with Gasteiger partial charge in [0, 0.05) is 38.3 Å². The molecular formula is C29H34N4O3. The Hall–Kier alpha value is -3.35. The summed E-state index contributed by atoms with van der Waals surface area (Å²) < 4.78 is 0. The van der Waals surface area contributed by atoms with Crippen LogP contribution in [0.25, 0.3) is 0 Å². The van der Waals surface area contributed by atoms with Gasteiger partial charge < -0.3 is 14.7 Å². The summed E-state index contributed by atoms with van der Waals surface area (Å²) >= 11 is 0. The molecule has 0 spiro atoms. The number of fused-ring (bicyclic) bond motifs is 4. The molecule has 7 heteroatoms. The van der Waals surface area contributed by atoms with Gasteiger partial charge in [0.2, 0.25) is 11.8 Å². The number of nitrogens with zero attached hydrogens (tertiary/aromatic N) is 4. The van der Waals surface area contributed by atoms with Gasteiger partial charge in [0.1, 0.15) is 12.6 Å². The number of carbonyl (C=O) groups excluding carboxylic acids is 3. The molecule has 188 valence electrons. The van der Waals surface area contributed by atoms with Gasteiger partial charge in [0.25, 0.3) is 5.91 Å². The zero-order valence-electron chi connectivity index (χ0n) is 20.8. The van der Waals surface area contributed by atoms with Crippen molar-refractivity contribution in [2.45, 2.75) is 57.5 Å². The number of rotatable bonds is 3. The number of likely N-dealkylation sites (tertiary alicyclic amines) is 1. The highest BCUT2D eigenvalue weighted by Crippen LogP contribution is 2.40. The Kier molecular flexibility index (Phi) is 6.15. The smallest absolute Gasteiger partial charge is 0.253 e. The van der Waals surface area contributed by atoms with Crippen molar-refractivity contribution in [2.24, 2.45) is 0 Å². The fourth-order valence-corrected chi connectivity index (χ4v) is 6.28. The fourth-order valence-electron chi connectivity index (χ4n) is 6.28. The molecule has 36 heavy (non-hydrogen) atoms. The first-order valence-electron chi connectivity index (χ1n) is 13.5. The molecular weight excluding hydrogens is 452 g/mol. The van der Waals surface area contributed by atoms with Crippen LogP contribution >= 0.6 is 0 Å². The second kappa shape index (κ2) is 9.60. The fraction of sp³-hybridized carbons (Fsp3) is 0.483. The number of hydrogen-bond donors (Lipinski definition) is 0. The van der Waals surface area contributed by atoms with E-state index in [9.17, 15) is 14.4 Å². The summed E-state index contributed by atoms with van der Waals surface area (Å²) in [5.41, 5.74) is 4.73. The zero-order chi connectivity index (χ0) is 24.6. The van der Waals surface area contributed by atoms with Crippen LogP contribution in [0.2, 0.25) is 0 Å². The van der Waals surface area contributed by atoms with E-state index >= 15 is 0 Å². The highest BCUT2D eigenvalue weighted by atomic mass is 16.2. The van der Waals surface area contributed by atoms with E-state index in [0.29, 0.717) is 24.3 Å². The topological polar surface area (TPSA) is 64.2 Å². The van der Waals surface area contributed by atoms with Crippen LogP contribution in [0.15, 0.2) is 42.5 Å². The predicted octanol–water partition coefficient (Wildman–Crippen LogP) is 3.60. The Labute approximate surface area is 212 Å². The summed E-state index contributed by atoms with van der Waals surface area (Å²) in [5.74, 6) is -0.0408. The Balaban J connectivity index is 1.30. The van der Waals surface area contributed by atoms with Crippen LogP contribution in [-0.2, 0) is 22.6 Å². The number of anilines is 2. The lowest BCUT2D eigenvalue weighted by molar-refractivity contribution is -0.132. The van der Waals surface area contributed by atoms with Gasteiger partial charge in [-0.1, -0.05) is 24.3 Å². The quantitative estimate of drug-likeness (QED) is 0.665. The van der Waals surface area contributed by atoms with Crippen molar-refractivity contribution >= 4 is 29.1 Å². The van der Waals surface area contributed by atoms with Crippen molar-refractivity contribution in [3.63, 3.8) is 0 Å². The van der Waals surface area contributed by atoms with Gasteiger partial charge in [-0.3, -0.25) is 19.3 Å². The van der Waals surface area contributed by atoms with Crippen LogP contribution in [0.5, 0.6) is 0 Å². The minimum Gasteiger partial charge on any atom is -0.358 e. The van der Waals surface area contributed by atoms with Crippen LogP contribution in [0.4, 0.5) is 11.4 Å². The molecule has 2 aromatic carbocycles. The van der Waals surface area contributed by atoms with Gasteiger partial charge in [0.15, 0.2) is 0 Å². The van der Waals surface area contributed by atoms with Crippen LogP contribution < -0.4 is 9.80 Å². The number of benzene rings is 2. The lowest BCUT2D eigenvalue weighted by Gasteiger charge is -2.45. The monoisotopic (exact) mass is 486 g/mol. The summed E-state index contributed by atoms with van der Waals surface area (Å²) in [7, 11) is 0. The molecule has 0 radical (unpaired) electrons. The molecule has 4 aliphatic rings. The SMILES string of the molecule is O=C(CN1C(=O)[C@H]2CCCCN2c2ccc(C(=O)N3CCCCC3)cc21)N1CCc2ccccc2C1. The molecule has 0 aromatic heterocycles. The molecule has 6 rings (SSSR count). The van der Waals surface area contributed by atoms with Crippen molar-refractivity contribution in [3.05, 3.63) is 59.2 Å². The van der Waals surface area contributed by atoms with Crippen molar-refractivity contribution in [1.82, 2.24) is 9.80 Å². The van der Waals surface area contributed by atoms with Crippen molar-refractivity contribution in [2.75, 3.05) is 42.5 Å². The normalized spacial score (nSPS) is 21.6. The van der Waals surface area contributed by atoms with Gasteiger partial charge in [-0.2, -0.15) is 0 Å². The number of amides is 3. The first kappa shape index (κ1) is 23.1. The molecule has 3 amide bonds. The summed E-state index contributed by atoms with van der Waals surface area (Å²) in [5, 5.41) is 0. The van der Waals surface area contributed by atoms with Crippen LogP contribution in [0, 0.1) is 0 Å². The van der Waals surface area contributed by atoms with E-state index in [0.717, 1.165) is 70.3 Å². The molecule has 2 aromatic rings. The van der Waals surface area contributed by atoms with E-state index < -0.39 is 0 Å². The minimum absolute atomic E-state index is 0.0136. The predicted molar refractivity (Wildman–Crippen MR) is 139 cm³/mol. The Morgan fingerprint density at radius 3 is 2.42 bits per heavy atom. The van der Waals surface area contributed by atoms with E-state index in [1.165, 1.54) is 11.1 Å². The average molecular weight is 487 g/mol. The van der Waals surface area contributed by atoms with E-state index in [2.05, 4.69) is 17.0 Å². The average Bonchev–Trinajstić information content (AvgIpc) is 2.94. The maximum Gasteiger partial charge on any atom is 0.253 e. The van der Waals surface area contributed by atoms with E-state index in [-0.39, 0.29) is 30.3 Å². The standard InChI is InChI=1S/C29H34N4O3/c34-27(31-17-13-21-8-2-3-9-23(21)19-31)20-33-26-18-22(28(35)30-14-5-1-6-15-30)11-12-24(26)32-16-7-4-10-25(32)29(33)36/h2-3,8-9,11-12,18,25H,1,4-7,10,13-17,19-20H2/t25-/m1/s1. The molecule has 7 nitrogen and oxygen atoms in total. The third-order valence-corrected chi connectivity index (χ3v) is 8.30. The summed E-state index contributed by atoms with van der Waals surface area (Å²) in [6.45, 7) is 3.64. The van der Waals surface area contributed by atoms with Gasteiger partial charge in [0.05, 0.1) is 11.4 Å². The number of piperidine rings is 2. The van der Waals surface area contributed by atoms with E-state index in [1.807, 2.05) is 40.1 Å². The van der Waals surface area contributed by atoms with Gasteiger partial charge >= 0.3 is 0 Å². The molecule has 0 bridgehead atoms. The number of hydrogen-bond acceptors (Lipinski definition) is 4. The van der Waals surface area contributed by atoms with Crippen LogP contribution in [-0.4, -0.2) is 66.3 Å². The second-order valence-corrected chi connectivity index (χ2v) is 10.5. The summed E-state index contributed by atoms with van der Waals surface area (Å²) in [4.78, 5) is 48.2.